The quantitative estimate of drug-likeness (QED) is 0.611. The maximum absolute atomic E-state index is 12.4. The minimum Gasteiger partial charge on any atom is -0.494 e. The van der Waals surface area contributed by atoms with Gasteiger partial charge in [0, 0.05) is 18.2 Å². The summed E-state index contributed by atoms with van der Waals surface area (Å²) >= 11 is 0. The largest absolute Gasteiger partial charge is 0.494 e. The van der Waals surface area contributed by atoms with Crippen LogP contribution in [0, 0.1) is 10.1 Å². The van der Waals surface area contributed by atoms with Gasteiger partial charge in [0.1, 0.15) is 5.75 Å². The van der Waals surface area contributed by atoms with Crippen LogP contribution in [-0.4, -0.2) is 19.9 Å². The first-order valence-electron chi connectivity index (χ1n) is 7.33. The van der Waals surface area contributed by atoms with Crippen molar-refractivity contribution in [1.82, 2.24) is 4.72 Å². The molecule has 0 radical (unpaired) electrons. The monoisotopic (exact) mass is 350 g/mol. The minimum atomic E-state index is -3.77. The summed E-state index contributed by atoms with van der Waals surface area (Å²) in [5, 5.41) is 10.6. The predicted octanol–water partition coefficient (Wildman–Crippen LogP) is 3.03. The molecule has 0 heterocycles. The van der Waals surface area contributed by atoms with Gasteiger partial charge in [-0.05, 0) is 43.7 Å². The number of hydrogen-bond donors (Lipinski definition) is 1. The van der Waals surface area contributed by atoms with Crippen LogP contribution < -0.4 is 9.46 Å². The molecule has 0 fully saturated rings. The summed E-state index contributed by atoms with van der Waals surface area (Å²) in [4.78, 5) is 10.0. The Kier molecular flexibility index (Phi) is 5.53. The second-order valence-corrected chi connectivity index (χ2v) is 6.81. The van der Waals surface area contributed by atoms with E-state index in [9.17, 15) is 18.5 Å². The Balaban J connectivity index is 2.14. The van der Waals surface area contributed by atoms with Gasteiger partial charge in [0.15, 0.2) is 0 Å². The number of nitrogens with zero attached hydrogens (tertiary/aromatic N) is 1. The fraction of sp³-hybridized carbons (Fsp3) is 0.250. The fourth-order valence-electron chi connectivity index (χ4n) is 2.14. The Morgan fingerprint density at radius 2 is 1.71 bits per heavy atom. The van der Waals surface area contributed by atoms with E-state index < -0.39 is 21.0 Å². The molecular weight excluding hydrogens is 332 g/mol. The molecule has 0 aliphatic carbocycles. The summed E-state index contributed by atoms with van der Waals surface area (Å²) in [6.07, 6.45) is 0. The van der Waals surface area contributed by atoms with E-state index in [0.29, 0.717) is 12.4 Å². The van der Waals surface area contributed by atoms with Crippen molar-refractivity contribution in [2.24, 2.45) is 0 Å². The molecule has 0 aromatic heterocycles. The Bertz CT molecular complexity index is 801. The second-order valence-electron chi connectivity index (χ2n) is 5.10. The standard InChI is InChI=1S/C16H18N2O5S/c1-3-23-15-8-4-13(5-9-15)12(2)17-24(21,22)16-10-6-14(7-11-16)18(19)20/h4-12,17H,3H2,1-2H3. The molecule has 1 unspecified atom stereocenters. The van der Waals surface area contributed by atoms with Crippen LogP contribution in [0.15, 0.2) is 53.4 Å². The number of rotatable bonds is 7. The average Bonchev–Trinajstić information content (AvgIpc) is 2.55. The molecule has 0 amide bonds. The number of nitro benzene ring substituents is 1. The maximum atomic E-state index is 12.4. The lowest BCUT2D eigenvalue weighted by Crippen LogP contribution is -2.26. The van der Waals surface area contributed by atoms with Crippen LogP contribution in [0.1, 0.15) is 25.5 Å². The summed E-state index contributed by atoms with van der Waals surface area (Å²) in [7, 11) is -3.77. The number of benzene rings is 2. The number of sulfonamides is 1. The maximum Gasteiger partial charge on any atom is 0.269 e. The molecule has 0 saturated carbocycles. The molecule has 8 heteroatoms. The SMILES string of the molecule is CCOc1ccc(C(C)NS(=O)(=O)c2ccc([N+](=O)[O-])cc2)cc1. The van der Waals surface area contributed by atoms with Gasteiger partial charge in [-0.2, -0.15) is 0 Å². The highest BCUT2D eigenvalue weighted by atomic mass is 32.2. The molecule has 0 aliphatic rings. The van der Waals surface area contributed by atoms with Crippen molar-refractivity contribution in [3.8, 4) is 5.75 Å². The molecule has 7 nitrogen and oxygen atoms in total. The number of ether oxygens (including phenoxy) is 1. The normalized spacial score (nSPS) is 12.6. The molecule has 0 aliphatic heterocycles. The second kappa shape index (κ2) is 7.41. The highest BCUT2D eigenvalue weighted by Crippen LogP contribution is 2.21. The summed E-state index contributed by atoms with van der Waals surface area (Å²) in [5.41, 5.74) is 0.623. The van der Waals surface area contributed by atoms with Crippen molar-refractivity contribution in [3.05, 3.63) is 64.2 Å². The smallest absolute Gasteiger partial charge is 0.269 e. The van der Waals surface area contributed by atoms with Gasteiger partial charge < -0.3 is 4.74 Å². The molecule has 0 bridgehead atoms. The van der Waals surface area contributed by atoms with Crippen LogP contribution in [0.25, 0.3) is 0 Å². The zero-order valence-corrected chi connectivity index (χ0v) is 14.1. The lowest BCUT2D eigenvalue weighted by Gasteiger charge is -2.15. The van der Waals surface area contributed by atoms with Crippen molar-refractivity contribution in [2.75, 3.05) is 6.61 Å². The molecule has 0 saturated heterocycles. The van der Waals surface area contributed by atoms with E-state index in [-0.39, 0.29) is 10.6 Å². The van der Waals surface area contributed by atoms with Crippen molar-refractivity contribution < 1.29 is 18.1 Å². The van der Waals surface area contributed by atoms with E-state index in [1.54, 1.807) is 31.2 Å². The third-order valence-electron chi connectivity index (χ3n) is 3.38. The van der Waals surface area contributed by atoms with Crippen molar-refractivity contribution in [2.45, 2.75) is 24.8 Å². The van der Waals surface area contributed by atoms with Gasteiger partial charge in [0.25, 0.3) is 5.69 Å². The van der Waals surface area contributed by atoms with E-state index in [0.717, 1.165) is 17.7 Å². The van der Waals surface area contributed by atoms with E-state index in [1.165, 1.54) is 12.1 Å². The summed E-state index contributed by atoms with van der Waals surface area (Å²) < 4.78 is 32.6. The van der Waals surface area contributed by atoms with Crippen molar-refractivity contribution >= 4 is 15.7 Å². The molecule has 0 spiro atoms. The zero-order chi connectivity index (χ0) is 17.7. The number of hydrogen-bond acceptors (Lipinski definition) is 5. The van der Waals surface area contributed by atoms with Gasteiger partial charge in [-0.1, -0.05) is 12.1 Å². The Hall–Kier alpha value is -2.45. The van der Waals surface area contributed by atoms with Gasteiger partial charge in [0.05, 0.1) is 16.4 Å². The van der Waals surface area contributed by atoms with E-state index >= 15 is 0 Å². The van der Waals surface area contributed by atoms with E-state index in [4.69, 9.17) is 4.74 Å². The van der Waals surface area contributed by atoms with Crippen molar-refractivity contribution in [1.29, 1.82) is 0 Å². The van der Waals surface area contributed by atoms with E-state index in [1.807, 2.05) is 6.92 Å². The lowest BCUT2D eigenvalue weighted by atomic mass is 10.1. The zero-order valence-electron chi connectivity index (χ0n) is 13.3. The Morgan fingerprint density at radius 3 is 2.21 bits per heavy atom. The van der Waals surface area contributed by atoms with E-state index in [2.05, 4.69) is 4.72 Å². The van der Waals surface area contributed by atoms with Crippen molar-refractivity contribution in [3.63, 3.8) is 0 Å². The fourth-order valence-corrected chi connectivity index (χ4v) is 3.37. The molecular formula is C16H18N2O5S. The van der Waals surface area contributed by atoms with Crippen LogP contribution in [0.2, 0.25) is 0 Å². The molecule has 2 aromatic rings. The summed E-state index contributed by atoms with van der Waals surface area (Å²) in [5.74, 6) is 0.715. The molecule has 128 valence electrons. The molecule has 2 aromatic carbocycles. The van der Waals surface area contributed by atoms with Crippen LogP contribution in [-0.2, 0) is 10.0 Å². The molecule has 24 heavy (non-hydrogen) atoms. The van der Waals surface area contributed by atoms with Gasteiger partial charge in [0.2, 0.25) is 10.0 Å². The summed E-state index contributed by atoms with van der Waals surface area (Å²) in [6, 6.07) is 11.4. The van der Waals surface area contributed by atoms with Gasteiger partial charge >= 0.3 is 0 Å². The predicted molar refractivity (Wildman–Crippen MR) is 89.4 cm³/mol. The van der Waals surface area contributed by atoms with Crippen LogP contribution >= 0.6 is 0 Å². The highest BCUT2D eigenvalue weighted by molar-refractivity contribution is 7.89. The van der Waals surface area contributed by atoms with Crippen LogP contribution in [0.3, 0.4) is 0 Å². The molecule has 1 N–H and O–H groups in total. The number of nitro groups is 1. The average molecular weight is 350 g/mol. The molecule has 1 atom stereocenters. The third kappa shape index (κ3) is 4.30. The van der Waals surface area contributed by atoms with Gasteiger partial charge in [-0.25, -0.2) is 13.1 Å². The first-order valence-corrected chi connectivity index (χ1v) is 8.81. The Morgan fingerprint density at radius 1 is 1.12 bits per heavy atom. The Labute approximate surface area is 140 Å². The molecule has 2 rings (SSSR count). The third-order valence-corrected chi connectivity index (χ3v) is 4.94. The topological polar surface area (TPSA) is 98.5 Å². The summed E-state index contributed by atoms with van der Waals surface area (Å²) in [6.45, 7) is 4.16. The lowest BCUT2D eigenvalue weighted by molar-refractivity contribution is -0.384. The van der Waals surface area contributed by atoms with Crippen LogP contribution in [0.4, 0.5) is 5.69 Å². The number of non-ortho nitro benzene ring substituents is 1. The first kappa shape index (κ1) is 17.9. The van der Waals surface area contributed by atoms with Crippen LogP contribution in [0.5, 0.6) is 5.75 Å². The number of nitrogens with one attached hydrogen (secondary N) is 1. The van der Waals surface area contributed by atoms with Gasteiger partial charge in [-0.15, -0.1) is 0 Å². The minimum absolute atomic E-state index is 0.0223. The first-order chi connectivity index (χ1) is 11.3. The van der Waals surface area contributed by atoms with Gasteiger partial charge in [-0.3, -0.25) is 10.1 Å². The highest BCUT2D eigenvalue weighted by Gasteiger charge is 2.19.